The molecule has 0 saturated carbocycles. The topological polar surface area (TPSA) is 376 Å². The Hall–Kier alpha value is -6.85. The second-order valence-electron chi connectivity index (χ2n) is 15.0. The molecule has 7 aromatic rings. The Morgan fingerprint density at radius 2 is 1.16 bits per heavy atom. The Morgan fingerprint density at radius 3 is 1.49 bits per heavy atom. The van der Waals surface area contributed by atoms with Crippen LogP contribution >= 0.6 is 59.4 Å². The second-order valence-corrected chi connectivity index (χ2v) is 18.0. The minimum atomic E-state index is -0.973. The van der Waals surface area contributed by atoms with Crippen molar-refractivity contribution in [2.45, 2.75) is 20.3 Å². The van der Waals surface area contributed by atoms with E-state index in [9.17, 15) is 47.9 Å². The monoisotopic (exact) mass is 1310 g/mol. The van der Waals surface area contributed by atoms with Gasteiger partial charge in [0.15, 0.2) is 11.6 Å². The molecule has 0 bridgehead atoms. The van der Waals surface area contributed by atoms with Gasteiger partial charge in [-0.3, -0.25) is 38.7 Å². The maximum atomic E-state index is 11.7. The fraction of sp³-hybridized carbons (Fsp3) is 0.250. The van der Waals surface area contributed by atoms with Crippen LogP contribution in [0.15, 0.2) is 109 Å². The van der Waals surface area contributed by atoms with Crippen molar-refractivity contribution >= 4 is 129 Å². The van der Waals surface area contributed by atoms with Crippen LogP contribution in [0.3, 0.4) is 0 Å². The van der Waals surface area contributed by atoms with Gasteiger partial charge in [-0.25, -0.2) is 29.7 Å². The number of ether oxygens (including phenoxy) is 5. The van der Waals surface area contributed by atoms with Crippen molar-refractivity contribution in [3.8, 4) is 0 Å². The van der Waals surface area contributed by atoms with Gasteiger partial charge >= 0.3 is 65.3 Å². The summed E-state index contributed by atoms with van der Waals surface area (Å²) in [7, 11) is 23.2. The van der Waals surface area contributed by atoms with E-state index in [4.69, 9.17) is 20.2 Å². The Bertz CT molecular complexity index is 3300. The summed E-state index contributed by atoms with van der Waals surface area (Å²) in [4.78, 5) is 124. The molecule has 0 radical (unpaired) electrons. The molecule has 0 aliphatic rings. The Labute approximate surface area is 528 Å². The molecule has 0 saturated heterocycles. The summed E-state index contributed by atoms with van der Waals surface area (Å²) in [6, 6.07) is 9.77. The molecule has 0 aromatic carbocycles. The molecular formula is C48H67ClN12NaO18P5. The van der Waals surface area contributed by atoms with Crippen LogP contribution in [0.25, 0.3) is 16.6 Å². The van der Waals surface area contributed by atoms with E-state index in [0.29, 0.717) is 27.7 Å². The van der Waals surface area contributed by atoms with Crippen LogP contribution in [0.5, 0.6) is 0 Å². The second kappa shape index (κ2) is 45.5. The summed E-state index contributed by atoms with van der Waals surface area (Å²) in [5.41, 5.74) is 12.6. The molecule has 460 valence electrons. The molecule has 0 aliphatic heterocycles. The van der Waals surface area contributed by atoms with Crippen LogP contribution in [0, 0.1) is 0 Å². The van der Waals surface area contributed by atoms with Gasteiger partial charge in [0.2, 0.25) is 11.1 Å². The minimum Gasteiger partial charge on any atom is -1.00 e. The first kappa shape index (κ1) is 82.4. The number of esters is 3. The number of halogens is 1. The van der Waals surface area contributed by atoms with E-state index in [1.54, 1.807) is 131 Å². The van der Waals surface area contributed by atoms with Gasteiger partial charge in [0.05, 0.1) is 65.8 Å². The van der Waals surface area contributed by atoms with Crippen molar-refractivity contribution < 1.29 is 117 Å². The van der Waals surface area contributed by atoms with Gasteiger partial charge in [0, 0.05) is 99.0 Å². The van der Waals surface area contributed by atoms with Gasteiger partial charge in [0.1, 0.15) is 12.1 Å². The van der Waals surface area contributed by atoms with Crippen molar-refractivity contribution in [2.75, 3.05) is 63.4 Å². The van der Waals surface area contributed by atoms with Gasteiger partial charge in [-0.2, -0.15) is 9.89 Å². The molecule has 0 spiro atoms. The summed E-state index contributed by atoms with van der Waals surface area (Å²) in [5.74, 6) is -4.05. The van der Waals surface area contributed by atoms with Gasteiger partial charge in [0.25, 0.3) is 11.7 Å². The van der Waals surface area contributed by atoms with Gasteiger partial charge in [-0.15, -0.1) is 12.4 Å². The summed E-state index contributed by atoms with van der Waals surface area (Å²) in [5, 5.41) is 16.2. The van der Waals surface area contributed by atoms with Crippen LogP contribution in [0.2, 0.25) is 0 Å². The van der Waals surface area contributed by atoms with Crippen molar-refractivity contribution in [3.63, 3.8) is 0 Å². The molecule has 1 amide bonds. The predicted octanol–water partition coefficient (Wildman–Crippen LogP) is 2.07. The van der Waals surface area contributed by atoms with Crippen LogP contribution < -0.4 is 40.5 Å². The summed E-state index contributed by atoms with van der Waals surface area (Å²) in [6.07, 6.45) is 17.4. The number of fused-ring (bicyclic) bond motifs is 1. The Morgan fingerprint density at radius 1 is 0.718 bits per heavy atom. The molecule has 4 N–H and O–H groups in total. The number of ketones is 3. The zero-order valence-corrected chi connectivity index (χ0v) is 56.5. The van der Waals surface area contributed by atoms with E-state index in [1.807, 2.05) is 6.20 Å². The number of methoxy groups -OCH3 is 4. The van der Waals surface area contributed by atoms with E-state index >= 15 is 0 Å². The molecule has 0 aliphatic carbocycles. The fourth-order valence-corrected chi connectivity index (χ4v) is 6.40. The minimum absolute atomic E-state index is 0. The van der Waals surface area contributed by atoms with Crippen molar-refractivity contribution in [2.24, 2.45) is 0 Å². The Kier molecular flexibility index (Phi) is 44.1. The van der Waals surface area contributed by atoms with E-state index in [0.717, 1.165) is 12.7 Å². The molecule has 0 fully saturated rings. The maximum absolute atomic E-state index is 11.7. The standard InChI is InChI=1S/C9H9N3O3.C8H8N3O3P.C8H10NO3P.C7H11N2O2P.C6H8NOP.C5H6NO2P.C3H6O3.C2H7NO.ClH.Na.H/c1-2-15-9(14)6-7(13)5-3-4-10-8(5)12-11-6;1-14-8(13)6(10-9)7(12)5-2-3-11(15)4-5;1-12-8(11)4-7(10)6-2-3-9(13)5-6;1-8(11-2)7(10)6-3-4-9(12)5-6;1-5(8)6-2-3-7(9)4-6;7-5(8)4-1-2-6(9)3-4;1-5-3(4)6-2;1-3-4-2;;;/h3-4H,2H2,1H3,(H2,10,12,13);2-4H,15H2,1H3;2-3,5H,4,13H2,1H3;3-5H,12H2,1-2H3;2-4H,9H2,1H3;1-3H,9H2,(H,7,8);1-2H3;3H,1-2H3;1H;;/q;;;;;;;;;+1;-1. The first-order valence-corrected chi connectivity index (χ1v) is 25.5. The number of carbonyl (C=O) groups is 9. The third-order valence-corrected chi connectivity index (χ3v) is 10.9. The third kappa shape index (κ3) is 31.7. The van der Waals surface area contributed by atoms with Crippen molar-refractivity contribution in [3.05, 3.63) is 154 Å². The number of carboxylic acids is 1. The number of carboxylic acid groups (broad SMARTS) is 1. The van der Waals surface area contributed by atoms with Crippen molar-refractivity contribution in [1.82, 2.24) is 47.4 Å². The molecule has 5 unspecified atom stereocenters. The van der Waals surface area contributed by atoms with Crippen LogP contribution in [0.1, 0.15) is 84.0 Å². The molecule has 37 heteroatoms. The van der Waals surface area contributed by atoms with Gasteiger partial charge in [-0.1, -0.05) is 0 Å². The number of Topliss-reactive ketones (excluding diaryl/α,β-unsaturated/α-hetero) is 3. The smallest absolute Gasteiger partial charge is 1.00 e. The predicted molar refractivity (Wildman–Crippen MR) is 326 cm³/mol. The number of aromatic nitrogens is 8. The van der Waals surface area contributed by atoms with Crippen LogP contribution in [0.4, 0.5) is 4.79 Å². The van der Waals surface area contributed by atoms with Gasteiger partial charge in [-0.05, 0) is 97.2 Å². The molecule has 7 heterocycles. The number of carbonyl (C=O) groups excluding carboxylic acids is 8. The maximum Gasteiger partial charge on any atom is 1.00 e. The number of hydroxylamine groups is 3. The normalized spacial score (nSPS) is 9.21. The molecule has 30 nitrogen and oxygen atoms in total. The third-order valence-electron chi connectivity index (χ3n) is 9.34. The summed E-state index contributed by atoms with van der Waals surface area (Å²) < 4.78 is 29.8. The van der Waals surface area contributed by atoms with E-state index in [2.05, 4.69) is 96.2 Å². The summed E-state index contributed by atoms with van der Waals surface area (Å²) in [6.45, 7) is 3.44. The van der Waals surface area contributed by atoms with E-state index in [1.165, 1.54) is 58.0 Å². The fourth-order valence-electron chi connectivity index (χ4n) is 5.17. The number of hydrogen-bond donors (Lipinski definition) is 4. The van der Waals surface area contributed by atoms with E-state index < -0.39 is 47.0 Å². The first-order valence-electron chi connectivity index (χ1n) is 23.0. The molecule has 7 aromatic heterocycles. The quantitative estimate of drug-likeness (QED) is 0.0123. The summed E-state index contributed by atoms with van der Waals surface area (Å²) >= 11 is 0. The van der Waals surface area contributed by atoms with E-state index in [-0.39, 0.29) is 85.1 Å². The molecular weight excluding hydrogens is 1250 g/mol. The molecule has 7 rings (SSSR count). The molecule has 5 atom stereocenters. The number of nitrogens with one attached hydrogen (secondary N) is 3. The van der Waals surface area contributed by atoms with Crippen LogP contribution in [-0.2, 0) is 42.9 Å². The largest absolute Gasteiger partial charge is 1.00 e. The zero-order valence-electron chi connectivity index (χ0n) is 48.9. The number of nitrogens with zero attached hydrogens (tertiary/aromatic N) is 9. The zero-order chi connectivity index (χ0) is 63.4. The number of amides is 1. The van der Waals surface area contributed by atoms with Crippen LogP contribution in [-0.4, -0.2) is 174 Å². The Balaban J connectivity index is -0.000000455. The average molecular weight is 1310 g/mol. The number of H-pyrrole nitrogens is 2. The SMILES string of the molecule is CC(=O)c1ccn(P)c1.CCOC(=O)c1n[nH]c2[nH]ccc2c1=O.CNOC.COC(=O)C(=[N+]=[N-])C(=O)c1ccn(P)c1.COC(=O)CC(=O)c1ccn(P)c1.COC(=O)OC.CON(C)C(=O)c1ccn(P)c1.Cl.O=C(O)c1ccn(P)c1.[H-].[Na+]. The first-order chi connectivity index (χ1) is 39.2. The number of rotatable bonds is 13. The number of hydrogen-bond acceptors (Lipinski definition) is 19. The number of aromatic amines is 2. The average Bonchev–Trinajstić information content (AvgIpc) is 3.83. The van der Waals surface area contributed by atoms with Gasteiger partial charge < -0.3 is 67.3 Å². The number of aromatic carboxylic acids is 1. The molecule has 85 heavy (non-hydrogen) atoms. The van der Waals surface area contributed by atoms with Crippen molar-refractivity contribution in [1.29, 1.82) is 0 Å².